The number of aryl methyl sites for hydroxylation is 2. The molecule has 0 unspecified atom stereocenters. The highest BCUT2D eigenvalue weighted by atomic mass is 32.2. The second-order valence-corrected chi connectivity index (χ2v) is 7.98. The van der Waals surface area contributed by atoms with Gasteiger partial charge in [0, 0.05) is 16.3 Å². The number of anilines is 1. The molecule has 1 heterocycles. The Morgan fingerprint density at radius 1 is 1.29 bits per heavy atom. The van der Waals surface area contributed by atoms with Gasteiger partial charge in [-0.05, 0) is 49.1 Å². The summed E-state index contributed by atoms with van der Waals surface area (Å²) in [5, 5.41) is 0. The third-order valence-corrected chi connectivity index (χ3v) is 6.21. The van der Waals surface area contributed by atoms with Gasteiger partial charge in [0.05, 0.1) is 5.69 Å². The normalized spacial score (nSPS) is 14.3. The van der Waals surface area contributed by atoms with Gasteiger partial charge in [-0.15, -0.1) is 11.3 Å². The zero-order valence-corrected chi connectivity index (χ0v) is 12.9. The number of hydrogen-bond donors (Lipinski definition) is 2. The topological polar surface area (TPSA) is 72.2 Å². The molecule has 21 heavy (non-hydrogen) atoms. The third-order valence-electron chi connectivity index (χ3n) is 3.50. The first kappa shape index (κ1) is 14.5. The number of halogens is 1. The van der Waals surface area contributed by atoms with Crippen LogP contribution < -0.4 is 10.5 Å². The lowest BCUT2D eigenvalue weighted by molar-refractivity contribution is 0.581. The van der Waals surface area contributed by atoms with Gasteiger partial charge in [-0.2, -0.15) is 0 Å². The Balaban J connectivity index is 1.76. The quantitative estimate of drug-likeness (QED) is 0.848. The van der Waals surface area contributed by atoms with Crippen LogP contribution in [-0.2, 0) is 29.4 Å². The Bertz CT molecular complexity index is 763. The van der Waals surface area contributed by atoms with Gasteiger partial charge < -0.3 is 5.73 Å². The predicted molar refractivity (Wildman–Crippen MR) is 81.2 cm³/mol. The van der Waals surface area contributed by atoms with Crippen LogP contribution in [0.1, 0.15) is 21.7 Å². The zero-order chi connectivity index (χ0) is 15.0. The Kier molecular flexibility index (Phi) is 3.73. The highest BCUT2D eigenvalue weighted by Gasteiger charge is 2.19. The molecule has 1 aromatic carbocycles. The van der Waals surface area contributed by atoms with Crippen molar-refractivity contribution in [1.29, 1.82) is 0 Å². The second-order valence-electron chi connectivity index (χ2n) is 5.02. The Morgan fingerprint density at radius 3 is 2.81 bits per heavy atom. The highest BCUT2D eigenvalue weighted by molar-refractivity contribution is 7.89. The maximum Gasteiger partial charge on any atom is 0.242 e. The van der Waals surface area contributed by atoms with Crippen LogP contribution in [0.15, 0.2) is 29.2 Å². The van der Waals surface area contributed by atoms with Crippen molar-refractivity contribution in [1.82, 2.24) is 4.72 Å². The van der Waals surface area contributed by atoms with Gasteiger partial charge in [0.25, 0.3) is 0 Å². The summed E-state index contributed by atoms with van der Waals surface area (Å²) < 4.78 is 39.9. The lowest BCUT2D eigenvalue weighted by atomic mass is 10.2. The molecule has 0 bridgehead atoms. The molecule has 1 aliphatic rings. The van der Waals surface area contributed by atoms with Crippen molar-refractivity contribution < 1.29 is 12.8 Å². The van der Waals surface area contributed by atoms with E-state index in [9.17, 15) is 12.8 Å². The molecule has 3 N–H and O–H groups in total. The van der Waals surface area contributed by atoms with Gasteiger partial charge in [-0.25, -0.2) is 17.5 Å². The predicted octanol–water partition coefficient (Wildman–Crippen LogP) is 2.44. The summed E-state index contributed by atoms with van der Waals surface area (Å²) in [5.41, 5.74) is 6.82. The minimum Gasteiger partial charge on any atom is -0.398 e. The first-order valence-corrected chi connectivity index (χ1v) is 8.91. The van der Waals surface area contributed by atoms with Crippen molar-refractivity contribution in [2.75, 3.05) is 5.73 Å². The Hall–Kier alpha value is -1.44. The average Bonchev–Trinajstić information content (AvgIpc) is 2.96. The molecule has 0 fully saturated rings. The van der Waals surface area contributed by atoms with Crippen LogP contribution in [-0.4, -0.2) is 8.42 Å². The van der Waals surface area contributed by atoms with E-state index in [1.807, 2.05) is 0 Å². The molecule has 4 nitrogen and oxygen atoms in total. The SMILES string of the molecule is Nc1cc(F)ccc1S(=O)(=O)NCc1cc2c(s1)CCC2. The standard InChI is InChI=1S/C14H15FN2O2S2/c15-10-4-5-14(12(16)7-10)21(18,19)17-8-11-6-9-2-1-3-13(9)20-11/h4-7,17H,1-3,8,16H2. The number of benzene rings is 1. The van der Waals surface area contributed by atoms with Crippen LogP contribution >= 0.6 is 11.3 Å². The van der Waals surface area contributed by atoms with E-state index < -0.39 is 15.8 Å². The van der Waals surface area contributed by atoms with Crippen LogP contribution in [0.3, 0.4) is 0 Å². The molecular formula is C14H15FN2O2S2. The molecule has 112 valence electrons. The first-order chi connectivity index (χ1) is 9.95. The number of hydrogen-bond acceptors (Lipinski definition) is 4. The number of nitrogen functional groups attached to an aromatic ring is 1. The van der Waals surface area contributed by atoms with E-state index in [1.165, 1.54) is 22.9 Å². The van der Waals surface area contributed by atoms with E-state index in [0.717, 1.165) is 29.9 Å². The first-order valence-electron chi connectivity index (χ1n) is 6.61. The maximum atomic E-state index is 13.0. The third kappa shape index (κ3) is 2.95. The smallest absolute Gasteiger partial charge is 0.242 e. The van der Waals surface area contributed by atoms with Crippen LogP contribution in [0.4, 0.5) is 10.1 Å². The van der Waals surface area contributed by atoms with Gasteiger partial charge in [-0.3, -0.25) is 0 Å². The van der Waals surface area contributed by atoms with Crippen LogP contribution in [0.2, 0.25) is 0 Å². The Labute approximate surface area is 126 Å². The van der Waals surface area contributed by atoms with Crippen molar-refractivity contribution >= 4 is 27.0 Å². The molecule has 0 amide bonds. The van der Waals surface area contributed by atoms with Crippen molar-refractivity contribution in [2.24, 2.45) is 0 Å². The lowest BCUT2D eigenvalue weighted by Gasteiger charge is -2.08. The van der Waals surface area contributed by atoms with E-state index >= 15 is 0 Å². The molecule has 3 rings (SSSR count). The number of thiophene rings is 1. The number of nitrogens with two attached hydrogens (primary N) is 1. The van der Waals surface area contributed by atoms with Crippen LogP contribution in [0.5, 0.6) is 0 Å². The van der Waals surface area contributed by atoms with Crippen LogP contribution in [0, 0.1) is 5.82 Å². The lowest BCUT2D eigenvalue weighted by Crippen LogP contribution is -2.23. The minimum atomic E-state index is -3.73. The monoisotopic (exact) mass is 326 g/mol. The summed E-state index contributed by atoms with van der Waals surface area (Å²) in [5.74, 6) is -0.555. The molecular weight excluding hydrogens is 311 g/mol. The number of rotatable bonds is 4. The van der Waals surface area contributed by atoms with Gasteiger partial charge in [0.1, 0.15) is 10.7 Å². The van der Waals surface area contributed by atoms with E-state index in [-0.39, 0.29) is 17.1 Å². The van der Waals surface area contributed by atoms with Crippen molar-refractivity contribution in [3.8, 4) is 0 Å². The fraction of sp³-hybridized carbons (Fsp3) is 0.286. The molecule has 0 radical (unpaired) electrons. The van der Waals surface area contributed by atoms with E-state index in [0.29, 0.717) is 0 Å². The molecule has 0 spiro atoms. The fourth-order valence-electron chi connectivity index (χ4n) is 2.49. The molecule has 1 aromatic heterocycles. The molecule has 0 atom stereocenters. The van der Waals surface area contributed by atoms with Crippen molar-refractivity contribution in [3.05, 3.63) is 45.4 Å². The fourth-order valence-corrected chi connectivity index (χ4v) is 4.90. The minimum absolute atomic E-state index is 0.0869. The molecule has 0 saturated heterocycles. The van der Waals surface area contributed by atoms with Crippen molar-refractivity contribution in [3.63, 3.8) is 0 Å². The largest absolute Gasteiger partial charge is 0.398 e. The highest BCUT2D eigenvalue weighted by Crippen LogP contribution is 2.30. The molecule has 1 aliphatic carbocycles. The molecule has 7 heteroatoms. The summed E-state index contributed by atoms with van der Waals surface area (Å²) in [6.45, 7) is 0.233. The summed E-state index contributed by atoms with van der Waals surface area (Å²) in [7, 11) is -3.73. The zero-order valence-electron chi connectivity index (χ0n) is 11.2. The summed E-state index contributed by atoms with van der Waals surface area (Å²) in [6, 6.07) is 5.34. The molecule has 0 saturated carbocycles. The van der Waals surface area contributed by atoms with Crippen molar-refractivity contribution in [2.45, 2.75) is 30.7 Å². The van der Waals surface area contributed by atoms with Crippen LogP contribution in [0.25, 0.3) is 0 Å². The summed E-state index contributed by atoms with van der Waals surface area (Å²) >= 11 is 1.65. The van der Waals surface area contributed by atoms with E-state index in [1.54, 1.807) is 11.3 Å². The summed E-state index contributed by atoms with van der Waals surface area (Å²) in [4.78, 5) is 2.25. The average molecular weight is 326 g/mol. The van der Waals surface area contributed by atoms with Gasteiger partial charge in [0.2, 0.25) is 10.0 Å². The van der Waals surface area contributed by atoms with Gasteiger partial charge in [-0.1, -0.05) is 0 Å². The maximum absolute atomic E-state index is 13.0. The Morgan fingerprint density at radius 2 is 2.10 bits per heavy atom. The second kappa shape index (κ2) is 5.40. The summed E-state index contributed by atoms with van der Waals surface area (Å²) in [6.07, 6.45) is 3.33. The van der Waals surface area contributed by atoms with E-state index in [4.69, 9.17) is 5.73 Å². The van der Waals surface area contributed by atoms with E-state index in [2.05, 4.69) is 10.8 Å². The van der Waals surface area contributed by atoms with Gasteiger partial charge >= 0.3 is 0 Å². The number of nitrogens with one attached hydrogen (secondary N) is 1. The number of fused-ring (bicyclic) bond motifs is 1. The molecule has 0 aliphatic heterocycles. The number of sulfonamides is 1. The van der Waals surface area contributed by atoms with Gasteiger partial charge in [0.15, 0.2) is 0 Å². The molecule has 2 aromatic rings.